The molecular weight excluding hydrogens is 444 g/mol. The van der Waals surface area contributed by atoms with E-state index in [0.717, 1.165) is 6.26 Å². The summed E-state index contributed by atoms with van der Waals surface area (Å²) < 4.78 is 27.8. The maximum atomic E-state index is 12.4. The van der Waals surface area contributed by atoms with Gasteiger partial charge in [-0.25, -0.2) is 13.4 Å². The van der Waals surface area contributed by atoms with Crippen LogP contribution in [0.3, 0.4) is 0 Å². The Bertz CT molecular complexity index is 1080. The molecule has 2 aromatic heterocycles. The summed E-state index contributed by atoms with van der Waals surface area (Å²) >= 11 is 2.61. The summed E-state index contributed by atoms with van der Waals surface area (Å²) in [5.41, 5.74) is 0.552. The number of nitrogens with zero attached hydrogens (tertiary/aromatic N) is 5. The lowest BCUT2D eigenvalue weighted by Crippen LogP contribution is -2.30. The maximum absolute atomic E-state index is 12.4. The Balaban J connectivity index is 1.78. The molecule has 9 nitrogen and oxygen atoms in total. The van der Waals surface area contributed by atoms with E-state index in [4.69, 9.17) is 0 Å². The number of benzene rings is 1. The zero-order valence-electron chi connectivity index (χ0n) is 16.7. The number of thiazole rings is 1. The molecule has 0 fully saturated rings. The molecule has 160 valence electrons. The smallest absolute Gasteiger partial charge is 0.239 e. The average Bonchev–Trinajstić information content (AvgIpc) is 3.35. The van der Waals surface area contributed by atoms with Crippen molar-refractivity contribution in [3.05, 3.63) is 47.7 Å². The van der Waals surface area contributed by atoms with Crippen molar-refractivity contribution in [2.45, 2.75) is 37.3 Å². The van der Waals surface area contributed by atoms with Crippen LogP contribution in [0.15, 0.2) is 47.1 Å². The van der Waals surface area contributed by atoms with E-state index in [1.165, 1.54) is 27.4 Å². The van der Waals surface area contributed by atoms with Gasteiger partial charge in [-0.1, -0.05) is 30.0 Å². The molecule has 2 heterocycles. The summed E-state index contributed by atoms with van der Waals surface area (Å²) in [5, 5.41) is 13.6. The predicted molar refractivity (Wildman–Crippen MR) is 119 cm³/mol. The van der Waals surface area contributed by atoms with Gasteiger partial charge < -0.3 is 9.88 Å². The van der Waals surface area contributed by atoms with E-state index in [1.807, 2.05) is 17.6 Å². The molecule has 0 saturated carbocycles. The molecule has 0 saturated heterocycles. The number of carbonyl (C=O) groups excluding carboxylic acids is 1. The van der Waals surface area contributed by atoms with Crippen molar-refractivity contribution < 1.29 is 13.2 Å². The lowest BCUT2D eigenvalue weighted by Gasteiger charge is -2.22. The van der Waals surface area contributed by atoms with E-state index in [2.05, 4.69) is 20.5 Å². The molecule has 30 heavy (non-hydrogen) atoms. The summed E-state index contributed by atoms with van der Waals surface area (Å²) in [6, 6.07) is 8.85. The van der Waals surface area contributed by atoms with Gasteiger partial charge in [-0.05, 0) is 26.0 Å². The van der Waals surface area contributed by atoms with E-state index < -0.39 is 15.3 Å². The van der Waals surface area contributed by atoms with Gasteiger partial charge >= 0.3 is 0 Å². The van der Waals surface area contributed by atoms with Crippen molar-refractivity contribution in [1.29, 1.82) is 0 Å². The predicted octanol–water partition coefficient (Wildman–Crippen LogP) is 2.84. The van der Waals surface area contributed by atoms with E-state index in [-0.39, 0.29) is 12.5 Å². The molecule has 1 atom stereocenters. The largest absolute Gasteiger partial charge is 0.305 e. The first-order chi connectivity index (χ1) is 14.3. The van der Waals surface area contributed by atoms with Crippen molar-refractivity contribution in [2.75, 3.05) is 15.9 Å². The summed E-state index contributed by atoms with van der Waals surface area (Å²) in [7, 11) is -3.52. The lowest BCUT2D eigenvalue weighted by atomic mass is 10.3. The Morgan fingerprint density at radius 3 is 2.63 bits per heavy atom. The van der Waals surface area contributed by atoms with Gasteiger partial charge in [0.1, 0.15) is 0 Å². The minimum absolute atomic E-state index is 0.0456. The second-order valence-corrected chi connectivity index (χ2v) is 10.4. The van der Waals surface area contributed by atoms with Gasteiger partial charge in [-0.15, -0.1) is 21.5 Å². The quantitative estimate of drug-likeness (QED) is 0.483. The number of amides is 1. The third-order valence-electron chi connectivity index (χ3n) is 4.15. The Morgan fingerprint density at radius 2 is 2.03 bits per heavy atom. The fraction of sp³-hybridized carbons (Fsp3) is 0.333. The second-order valence-electron chi connectivity index (χ2n) is 6.33. The molecule has 3 aromatic rings. The average molecular weight is 467 g/mol. The molecule has 0 spiro atoms. The highest BCUT2D eigenvalue weighted by Crippen LogP contribution is 2.26. The van der Waals surface area contributed by atoms with Gasteiger partial charge in [0.15, 0.2) is 16.1 Å². The van der Waals surface area contributed by atoms with E-state index >= 15 is 0 Å². The molecular formula is C18H22N6O3S3. The molecule has 0 aliphatic heterocycles. The minimum Gasteiger partial charge on any atom is -0.305 e. The van der Waals surface area contributed by atoms with Crippen LogP contribution in [0.25, 0.3) is 0 Å². The normalized spacial score (nSPS) is 12.5. The van der Waals surface area contributed by atoms with E-state index in [1.54, 1.807) is 42.8 Å². The van der Waals surface area contributed by atoms with Crippen LogP contribution >= 0.6 is 23.1 Å². The van der Waals surface area contributed by atoms with Crippen LogP contribution in [0.4, 0.5) is 10.8 Å². The van der Waals surface area contributed by atoms with Crippen LogP contribution in [-0.2, 0) is 27.9 Å². The van der Waals surface area contributed by atoms with Crippen LogP contribution in [-0.4, -0.2) is 45.6 Å². The molecule has 3 rings (SSSR count). The van der Waals surface area contributed by atoms with Crippen molar-refractivity contribution >= 4 is 49.8 Å². The molecule has 0 unspecified atom stereocenters. The number of nitrogens with one attached hydrogen (secondary N) is 1. The first-order valence-corrected chi connectivity index (χ1v) is 12.7. The fourth-order valence-electron chi connectivity index (χ4n) is 2.67. The molecule has 0 bridgehead atoms. The van der Waals surface area contributed by atoms with Gasteiger partial charge in [-0.2, -0.15) is 0 Å². The third-order valence-corrected chi connectivity index (χ3v) is 7.06. The number of rotatable bonds is 9. The zero-order valence-corrected chi connectivity index (χ0v) is 19.2. The van der Waals surface area contributed by atoms with Crippen LogP contribution in [0.5, 0.6) is 0 Å². The SMILES string of the molecule is CCn1c(CN(c2ccccc2)S(C)(=O)=O)nnc1S[C@@H](C)C(=O)Nc1nccs1. The molecule has 0 radical (unpaired) electrons. The van der Waals surface area contributed by atoms with Gasteiger partial charge in [0.2, 0.25) is 15.9 Å². The van der Waals surface area contributed by atoms with Crippen molar-refractivity contribution in [3.8, 4) is 0 Å². The number of carbonyl (C=O) groups is 1. The number of aromatic nitrogens is 4. The molecule has 1 N–H and O–H groups in total. The van der Waals surface area contributed by atoms with Crippen LogP contribution in [0.2, 0.25) is 0 Å². The number of hydrogen-bond acceptors (Lipinski definition) is 8. The first-order valence-electron chi connectivity index (χ1n) is 9.11. The minimum atomic E-state index is -3.52. The third kappa shape index (κ3) is 5.37. The van der Waals surface area contributed by atoms with Gasteiger partial charge in [0.25, 0.3) is 0 Å². The molecule has 1 aromatic carbocycles. The van der Waals surface area contributed by atoms with Crippen LogP contribution in [0.1, 0.15) is 19.7 Å². The molecule has 0 aliphatic carbocycles. The molecule has 0 aliphatic rings. The highest BCUT2D eigenvalue weighted by atomic mass is 32.2. The number of anilines is 2. The van der Waals surface area contributed by atoms with Gasteiger partial charge in [-0.3, -0.25) is 9.10 Å². The van der Waals surface area contributed by atoms with Crippen LogP contribution in [0, 0.1) is 0 Å². The van der Waals surface area contributed by atoms with Crippen molar-refractivity contribution in [3.63, 3.8) is 0 Å². The summed E-state index contributed by atoms with van der Waals surface area (Å²) in [6.45, 7) is 4.28. The number of thioether (sulfide) groups is 1. The summed E-state index contributed by atoms with van der Waals surface area (Å²) in [5.74, 6) is 0.311. The van der Waals surface area contributed by atoms with Crippen molar-refractivity contribution in [2.24, 2.45) is 0 Å². The Kier molecular flexibility index (Phi) is 7.10. The monoisotopic (exact) mass is 466 g/mol. The number of sulfonamides is 1. The summed E-state index contributed by atoms with van der Waals surface area (Å²) in [4.78, 5) is 16.5. The zero-order chi connectivity index (χ0) is 21.7. The Labute approximate surface area is 183 Å². The van der Waals surface area contributed by atoms with E-state index in [0.29, 0.717) is 28.3 Å². The Morgan fingerprint density at radius 1 is 1.30 bits per heavy atom. The highest BCUT2D eigenvalue weighted by molar-refractivity contribution is 8.00. The maximum Gasteiger partial charge on any atom is 0.239 e. The Hall–Kier alpha value is -2.44. The highest BCUT2D eigenvalue weighted by Gasteiger charge is 2.24. The number of hydrogen-bond donors (Lipinski definition) is 1. The van der Waals surface area contributed by atoms with E-state index in [9.17, 15) is 13.2 Å². The fourth-order valence-corrected chi connectivity index (χ4v) is 4.99. The summed E-state index contributed by atoms with van der Waals surface area (Å²) in [6.07, 6.45) is 2.78. The van der Waals surface area contributed by atoms with Crippen LogP contribution < -0.4 is 9.62 Å². The molecule has 12 heteroatoms. The topological polar surface area (TPSA) is 110 Å². The molecule has 1 amide bonds. The van der Waals surface area contributed by atoms with Gasteiger partial charge in [0, 0.05) is 18.1 Å². The van der Waals surface area contributed by atoms with Crippen molar-refractivity contribution in [1.82, 2.24) is 19.7 Å². The second kappa shape index (κ2) is 9.58. The number of para-hydroxylation sites is 1. The van der Waals surface area contributed by atoms with Gasteiger partial charge in [0.05, 0.1) is 23.7 Å². The standard InChI is InChI=1S/C18H22N6O3S3/c1-4-23-15(12-24(30(3,26)27)14-8-6-5-7-9-14)21-22-18(23)29-13(2)16(25)20-17-19-10-11-28-17/h5-11,13H,4,12H2,1-3H3,(H,19,20,25)/t13-/m0/s1. The lowest BCUT2D eigenvalue weighted by molar-refractivity contribution is -0.115. The first kappa shape index (κ1) is 22.2.